The maximum Gasteiger partial charge on any atom is 0.318 e. The zero-order valence-corrected chi connectivity index (χ0v) is 15.5. The summed E-state index contributed by atoms with van der Waals surface area (Å²) in [6.07, 6.45) is 1.98. The molecule has 2 heterocycles. The van der Waals surface area contributed by atoms with Gasteiger partial charge in [-0.2, -0.15) is 0 Å². The van der Waals surface area contributed by atoms with Crippen LogP contribution in [0.4, 0.5) is 0 Å². The quantitative estimate of drug-likeness (QED) is 0.371. The van der Waals surface area contributed by atoms with E-state index >= 15 is 0 Å². The Bertz CT molecular complexity index is 561. The highest BCUT2D eigenvalue weighted by Crippen LogP contribution is 2.16. The normalized spacial score (nSPS) is 24.4. The van der Waals surface area contributed by atoms with E-state index in [1.165, 1.54) is 14.2 Å². The Morgan fingerprint density at radius 2 is 1.62 bits per heavy atom. The molecule has 146 valence electrons. The van der Waals surface area contributed by atoms with Gasteiger partial charge in [-0.15, -0.1) is 0 Å². The van der Waals surface area contributed by atoms with Gasteiger partial charge in [0.25, 0.3) is 0 Å². The Morgan fingerprint density at radius 1 is 1.04 bits per heavy atom. The third-order valence-electron chi connectivity index (χ3n) is 3.73. The highest BCUT2D eigenvalue weighted by atomic mass is 16.5. The minimum absolute atomic E-state index is 0.0805. The number of carbonyl (C=O) groups excluding carboxylic acids is 4. The summed E-state index contributed by atoms with van der Waals surface area (Å²) in [5, 5.41) is 0. The van der Waals surface area contributed by atoms with Crippen molar-refractivity contribution < 1.29 is 38.1 Å². The number of carbonyl (C=O) groups is 4. The molecule has 2 saturated heterocycles. The van der Waals surface area contributed by atoms with E-state index in [0.29, 0.717) is 18.6 Å². The van der Waals surface area contributed by atoms with Gasteiger partial charge in [0, 0.05) is 32.3 Å². The molecule has 2 rings (SSSR count). The number of ketones is 2. The maximum absolute atomic E-state index is 11.8. The number of hydrogen-bond donors (Lipinski definition) is 0. The molecule has 0 bridgehead atoms. The Balaban J connectivity index is 0.000000273. The maximum atomic E-state index is 11.8. The molecule has 0 aromatic heterocycles. The summed E-state index contributed by atoms with van der Waals surface area (Å²) < 4.78 is 19.1. The fraction of sp³-hybridized carbons (Fsp3) is 0.647. The molecule has 0 aromatic carbocycles. The van der Waals surface area contributed by atoms with Crippen LogP contribution in [0.2, 0.25) is 0 Å². The van der Waals surface area contributed by atoms with E-state index in [4.69, 9.17) is 9.47 Å². The minimum Gasteiger partial charge on any atom is -0.468 e. The lowest BCUT2D eigenvalue weighted by Crippen LogP contribution is -2.37. The lowest BCUT2D eigenvalue weighted by atomic mass is 9.97. The van der Waals surface area contributed by atoms with E-state index < -0.39 is 23.8 Å². The molecule has 2 aliphatic heterocycles. The van der Waals surface area contributed by atoms with Gasteiger partial charge in [0.15, 0.2) is 11.6 Å². The molecule has 0 amide bonds. The van der Waals surface area contributed by atoms with E-state index in [1.54, 1.807) is 11.1 Å². The molecular formula is C17H25NO8. The van der Waals surface area contributed by atoms with Crippen molar-refractivity contribution >= 4 is 23.5 Å². The van der Waals surface area contributed by atoms with Crippen molar-refractivity contribution in [3.63, 3.8) is 0 Å². The average Bonchev–Trinajstić information content (AvgIpc) is 2.63. The van der Waals surface area contributed by atoms with Gasteiger partial charge in [0.1, 0.15) is 11.8 Å². The topological polar surface area (TPSA) is 108 Å². The van der Waals surface area contributed by atoms with E-state index in [-0.39, 0.29) is 31.4 Å². The van der Waals surface area contributed by atoms with Gasteiger partial charge in [-0.1, -0.05) is 0 Å². The second-order valence-corrected chi connectivity index (χ2v) is 5.94. The zero-order valence-electron chi connectivity index (χ0n) is 15.5. The molecule has 0 radical (unpaired) electrons. The van der Waals surface area contributed by atoms with Crippen molar-refractivity contribution in [2.45, 2.75) is 6.42 Å². The van der Waals surface area contributed by atoms with Crippen molar-refractivity contribution in [2.75, 3.05) is 54.7 Å². The van der Waals surface area contributed by atoms with Crippen LogP contribution in [-0.4, -0.2) is 83.1 Å². The number of esters is 2. The number of methoxy groups -OCH3 is 2. The van der Waals surface area contributed by atoms with Gasteiger partial charge in [0.2, 0.25) is 0 Å². The van der Waals surface area contributed by atoms with Crippen LogP contribution in [0, 0.1) is 11.8 Å². The van der Waals surface area contributed by atoms with Crippen molar-refractivity contribution in [2.24, 2.45) is 11.8 Å². The van der Waals surface area contributed by atoms with Gasteiger partial charge in [0.05, 0.1) is 40.6 Å². The number of hydrogen-bond acceptors (Lipinski definition) is 9. The zero-order chi connectivity index (χ0) is 19.7. The molecule has 2 aliphatic rings. The average molecular weight is 371 g/mol. The molecule has 9 heteroatoms. The standard InChI is InChI=1S/C10H15NO4.C7H10O4/c1-11(2)4-7-5-15-6-8(9(7)12)10(13)14-3;1-10-7(9)5-4-11-3-2-6(5)8/h4,8H,5-6H2,1-3H3;5H,2-4H2,1H3. The van der Waals surface area contributed by atoms with Gasteiger partial charge >= 0.3 is 11.9 Å². The second kappa shape index (κ2) is 10.7. The largest absolute Gasteiger partial charge is 0.468 e. The van der Waals surface area contributed by atoms with Crippen LogP contribution < -0.4 is 0 Å². The van der Waals surface area contributed by atoms with Crippen LogP contribution in [0.3, 0.4) is 0 Å². The highest BCUT2D eigenvalue weighted by Gasteiger charge is 2.34. The number of nitrogens with zero attached hydrogens (tertiary/aromatic N) is 1. The summed E-state index contributed by atoms with van der Waals surface area (Å²) in [5.41, 5.74) is 0.502. The summed E-state index contributed by atoms with van der Waals surface area (Å²) in [6, 6.07) is 0. The van der Waals surface area contributed by atoms with Crippen molar-refractivity contribution in [3.05, 3.63) is 11.8 Å². The molecule has 2 atom stereocenters. The number of rotatable bonds is 3. The highest BCUT2D eigenvalue weighted by molar-refractivity contribution is 6.09. The van der Waals surface area contributed by atoms with Gasteiger partial charge in [-0.25, -0.2) is 0 Å². The molecule has 0 saturated carbocycles. The predicted octanol–water partition coefficient (Wildman–Crippen LogP) is -0.415. The first-order valence-corrected chi connectivity index (χ1v) is 8.07. The van der Waals surface area contributed by atoms with Crippen LogP contribution in [0.5, 0.6) is 0 Å². The second-order valence-electron chi connectivity index (χ2n) is 5.94. The Morgan fingerprint density at radius 3 is 2.15 bits per heavy atom. The van der Waals surface area contributed by atoms with E-state index in [1.807, 2.05) is 14.1 Å². The van der Waals surface area contributed by atoms with E-state index in [2.05, 4.69) is 9.47 Å². The molecule has 9 nitrogen and oxygen atoms in total. The SMILES string of the molecule is COC(=O)C1COCC(=CN(C)C)C1=O.COC(=O)C1COCCC1=O. The number of Topliss-reactive ketones (excluding diaryl/α,β-unsaturated/α-hetero) is 2. The first-order chi connectivity index (χ1) is 12.3. The van der Waals surface area contributed by atoms with Crippen LogP contribution >= 0.6 is 0 Å². The van der Waals surface area contributed by atoms with E-state index in [9.17, 15) is 19.2 Å². The fourth-order valence-electron chi connectivity index (χ4n) is 2.37. The molecule has 0 aromatic rings. The van der Waals surface area contributed by atoms with E-state index in [0.717, 1.165) is 0 Å². The minimum atomic E-state index is -0.810. The predicted molar refractivity (Wildman–Crippen MR) is 89.1 cm³/mol. The monoisotopic (exact) mass is 371 g/mol. The third-order valence-corrected chi connectivity index (χ3v) is 3.73. The first kappa shape index (κ1) is 21.8. The van der Waals surface area contributed by atoms with Crippen molar-refractivity contribution in [1.82, 2.24) is 4.90 Å². The Hall–Kier alpha value is -2.26. The van der Waals surface area contributed by atoms with Crippen LogP contribution in [0.15, 0.2) is 11.8 Å². The molecule has 2 unspecified atom stereocenters. The smallest absolute Gasteiger partial charge is 0.318 e. The van der Waals surface area contributed by atoms with Crippen LogP contribution in [0.25, 0.3) is 0 Å². The van der Waals surface area contributed by atoms with Crippen molar-refractivity contribution in [1.29, 1.82) is 0 Å². The molecule has 0 aliphatic carbocycles. The lowest BCUT2D eigenvalue weighted by molar-refractivity contribution is -0.155. The first-order valence-electron chi connectivity index (χ1n) is 8.07. The fourth-order valence-corrected chi connectivity index (χ4v) is 2.37. The molecule has 26 heavy (non-hydrogen) atoms. The van der Waals surface area contributed by atoms with Crippen molar-refractivity contribution in [3.8, 4) is 0 Å². The molecule has 2 fully saturated rings. The number of ether oxygens (including phenoxy) is 4. The molecule has 0 N–H and O–H groups in total. The third kappa shape index (κ3) is 6.23. The van der Waals surface area contributed by atoms with Crippen LogP contribution in [-0.2, 0) is 38.1 Å². The Labute approximate surface area is 152 Å². The summed E-state index contributed by atoms with van der Waals surface area (Å²) in [4.78, 5) is 46.6. The molecular weight excluding hydrogens is 346 g/mol. The van der Waals surface area contributed by atoms with Gasteiger partial charge in [-0.3, -0.25) is 19.2 Å². The van der Waals surface area contributed by atoms with Gasteiger partial charge in [-0.05, 0) is 0 Å². The van der Waals surface area contributed by atoms with Gasteiger partial charge < -0.3 is 23.8 Å². The summed E-state index contributed by atoms with van der Waals surface area (Å²) in [5.74, 6) is -2.81. The summed E-state index contributed by atoms with van der Waals surface area (Å²) in [7, 11) is 6.15. The summed E-state index contributed by atoms with van der Waals surface area (Å²) in [6.45, 7) is 0.957. The lowest BCUT2D eigenvalue weighted by Gasteiger charge is -2.22. The van der Waals surface area contributed by atoms with Crippen LogP contribution in [0.1, 0.15) is 6.42 Å². The summed E-state index contributed by atoms with van der Waals surface area (Å²) >= 11 is 0. The Kier molecular flexibility index (Phi) is 8.94. The molecule has 0 spiro atoms.